The molecular weight excluding hydrogens is 916 g/mol. The highest BCUT2D eigenvalue weighted by molar-refractivity contribution is 5.88. The molecule has 0 aliphatic carbocycles. The summed E-state index contributed by atoms with van der Waals surface area (Å²) in [4.78, 5) is 71.8. The first-order chi connectivity index (χ1) is 32.6. The number of halogens is 2. The van der Waals surface area contributed by atoms with Crippen LogP contribution in [0.3, 0.4) is 0 Å². The monoisotopic (exact) mass is 968 g/mol. The molecule has 69 heavy (non-hydrogen) atoms. The normalized spacial score (nSPS) is 15.8. The lowest BCUT2D eigenvalue weighted by atomic mass is 9.95. The van der Waals surface area contributed by atoms with Crippen LogP contribution in [0.2, 0.25) is 0 Å². The van der Waals surface area contributed by atoms with E-state index < -0.39 is 24.3 Å². The van der Waals surface area contributed by atoms with Crippen LogP contribution in [-0.4, -0.2) is 87.1 Å². The fourth-order valence-electron chi connectivity index (χ4n) is 8.74. The molecule has 2 aromatic heterocycles. The van der Waals surface area contributed by atoms with Crippen molar-refractivity contribution in [3.05, 3.63) is 144 Å². The number of hydrogen-bond donors (Lipinski definition) is 4. The van der Waals surface area contributed by atoms with E-state index in [4.69, 9.17) is 14.5 Å². The number of nitrogens with zero attached hydrogens (tertiary/aromatic N) is 4. The van der Waals surface area contributed by atoms with E-state index in [-0.39, 0.29) is 54.6 Å². The Kier molecular flexibility index (Phi) is 17.3. The van der Waals surface area contributed by atoms with E-state index in [1.165, 1.54) is 14.2 Å². The van der Waals surface area contributed by atoms with Crippen molar-refractivity contribution in [3.63, 3.8) is 0 Å². The third-order valence-corrected chi connectivity index (χ3v) is 12.2. The summed E-state index contributed by atoms with van der Waals surface area (Å²) in [6.07, 6.45) is 5.11. The standard InChI is InChI=1S/C53H52N8O6.2ClH/c1-34(2)46(58-52(64)66-3)50(62)60-29-14-22-45(60)49-55-33-43(57-49)40-28-27-37(42(31-40)38-25-23-36(24-26-38)35-15-7-5-8-16-35)17-11-12-20-41-32-54-48(56-41)44-21-13-30-61(44)51(63)47(59-53(65)67-4)39-18-9-6-10-19-39;;/h5-10,15-16,18-19,23-28,31-34,44-47H,13-14,21-22,29-30H2,1-4H3,(H,54,56)(H,55,57)(H,58,64)(H,59,65);2*1H/t44-,45-,46-,47+;;/m0../s1. The predicted molar refractivity (Wildman–Crippen MR) is 268 cm³/mol. The molecule has 0 bridgehead atoms. The molecule has 16 heteroatoms. The summed E-state index contributed by atoms with van der Waals surface area (Å²) in [7, 11) is 2.55. The van der Waals surface area contributed by atoms with Crippen LogP contribution in [-0.2, 0) is 19.1 Å². The summed E-state index contributed by atoms with van der Waals surface area (Å²) >= 11 is 0. The molecule has 0 saturated carbocycles. The van der Waals surface area contributed by atoms with Crippen LogP contribution in [0.1, 0.15) is 86.1 Å². The largest absolute Gasteiger partial charge is 0.453 e. The summed E-state index contributed by atoms with van der Waals surface area (Å²) in [5.41, 5.74) is 7.73. The summed E-state index contributed by atoms with van der Waals surface area (Å²) < 4.78 is 9.63. The van der Waals surface area contributed by atoms with Crippen LogP contribution in [0, 0.1) is 29.6 Å². The van der Waals surface area contributed by atoms with Gasteiger partial charge in [0.2, 0.25) is 5.91 Å². The third-order valence-electron chi connectivity index (χ3n) is 12.2. The van der Waals surface area contributed by atoms with Crippen LogP contribution in [0.25, 0.3) is 33.5 Å². The predicted octanol–water partition coefficient (Wildman–Crippen LogP) is 9.19. The van der Waals surface area contributed by atoms with Crippen LogP contribution in [0.4, 0.5) is 9.59 Å². The lowest BCUT2D eigenvalue weighted by Gasteiger charge is -2.30. The van der Waals surface area contributed by atoms with Gasteiger partial charge in [-0.05, 0) is 89.3 Å². The topological polar surface area (TPSA) is 175 Å². The van der Waals surface area contributed by atoms with Crippen molar-refractivity contribution in [2.75, 3.05) is 27.3 Å². The molecule has 2 fully saturated rings. The number of alkyl carbamates (subject to hydrolysis) is 2. The minimum Gasteiger partial charge on any atom is -0.453 e. The molecule has 4 atom stereocenters. The Hall–Kier alpha value is -7.52. The number of aromatic nitrogens is 4. The fraction of sp³-hybridized carbons (Fsp3) is 0.283. The number of hydrogen-bond acceptors (Lipinski definition) is 8. The SMILES string of the molecule is COC(=O)N[C@H](C(=O)N1CCC[C@H]1c1ncc(-c2ccc(C#CC#Cc3cnc([C@@H]4CCCN4C(=O)[C@H](NC(=O)OC)c4ccccc4)[nH]3)c(-c3ccc(-c4ccccc4)cc3)c2)[nH]1)C(C)C.Cl.Cl. The van der Waals surface area contributed by atoms with E-state index in [1.807, 2.05) is 62.4 Å². The number of rotatable bonds is 11. The second-order valence-corrected chi connectivity index (χ2v) is 16.8. The quantitative estimate of drug-likeness (QED) is 0.0930. The summed E-state index contributed by atoms with van der Waals surface area (Å²) in [5, 5.41) is 5.41. The first-order valence-corrected chi connectivity index (χ1v) is 22.4. The van der Waals surface area contributed by atoms with E-state index in [0.29, 0.717) is 42.4 Å². The molecule has 0 radical (unpaired) electrons. The molecule has 2 saturated heterocycles. The lowest BCUT2D eigenvalue weighted by molar-refractivity contribution is -0.135. The van der Waals surface area contributed by atoms with Gasteiger partial charge in [0, 0.05) is 24.2 Å². The minimum atomic E-state index is -0.918. The van der Waals surface area contributed by atoms with E-state index in [2.05, 4.69) is 91.7 Å². The molecule has 4 heterocycles. The number of imidazole rings is 2. The molecule has 4 aromatic carbocycles. The molecule has 8 rings (SSSR count). The van der Waals surface area contributed by atoms with Crippen LogP contribution in [0.5, 0.6) is 0 Å². The van der Waals surface area contributed by atoms with Crippen molar-refractivity contribution in [1.82, 2.24) is 40.4 Å². The van der Waals surface area contributed by atoms with Crippen molar-refractivity contribution in [3.8, 4) is 57.2 Å². The van der Waals surface area contributed by atoms with Crippen LogP contribution in [0.15, 0.2) is 116 Å². The van der Waals surface area contributed by atoms with E-state index in [0.717, 1.165) is 58.3 Å². The number of H-pyrrole nitrogens is 2. The zero-order valence-electron chi connectivity index (χ0n) is 38.7. The number of amides is 4. The van der Waals surface area contributed by atoms with E-state index in [1.54, 1.807) is 34.3 Å². The number of aromatic amines is 2. The molecular formula is C53H54Cl2N8O6. The summed E-state index contributed by atoms with van der Waals surface area (Å²) in [6, 6.07) is 31.5. The Morgan fingerprint density at radius 1 is 0.652 bits per heavy atom. The third kappa shape index (κ3) is 11.8. The zero-order valence-corrected chi connectivity index (χ0v) is 40.3. The molecule has 14 nitrogen and oxygen atoms in total. The van der Waals surface area contributed by atoms with Gasteiger partial charge in [0.25, 0.3) is 5.91 Å². The molecule has 2 aliphatic heterocycles. The molecule has 2 aliphatic rings. The van der Waals surface area contributed by atoms with Gasteiger partial charge in [-0.15, -0.1) is 24.8 Å². The van der Waals surface area contributed by atoms with Crippen molar-refractivity contribution in [2.24, 2.45) is 5.92 Å². The second kappa shape index (κ2) is 23.5. The highest BCUT2D eigenvalue weighted by atomic mass is 35.5. The van der Waals surface area contributed by atoms with Crippen molar-refractivity contribution in [2.45, 2.75) is 63.7 Å². The molecule has 0 unspecified atom stereocenters. The Bertz CT molecular complexity index is 2860. The first-order valence-electron chi connectivity index (χ1n) is 22.4. The second-order valence-electron chi connectivity index (χ2n) is 16.8. The maximum atomic E-state index is 13.9. The number of methoxy groups -OCH3 is 2. The number of carbonyl (C=O) groups excluding carboxylic acids is 4. The Labute approximate surface area is 414 Å². The maximum Gasteiger partial charge on any atom is 0.407 e. The van der Waals surface area contributed by atoms with Gasteiger partial charge in [-0.25, -0.2) is 19.6 Å². The molecule has 4 N–H and O–H groups in total. The lowest BCUT2D eigenvalue weighted by Crippen LogP contribution is -2.51. The maximum absolute atomic E-state index is 13.9. The number of likely N-dealkylation sites (tertiary alicyclic amines) is 2. The van der Waals surface area contributed by atoms with Crippen molar-refractivity contribution in [1.29, 1.82) is 0 Å². The van der Waals surface area contributed by atoms with E-state index in [9.17, 15) is 19.2 Å². The number of benzene rings is 4. The smallest absolute Gasteiger partial charge is 0.407 e. The Balaban J connectivity index is 0.00000391. The van der Waals surface area contributed by atoms with Gasteiger partial charge in [-0.2, -0.15) is 0 Å². The van der Waals surface area contributed by atoms with Crippen molar-refractivity contribution < 1.29 is 28.7 Å². The van der Waals surface area contributed by atoms with Crippen molar-refractivity contribution >= 4 is 48.8 Å². The summed E-state index contributed by atoms with van der Waals surface area (Å²) in [6.45, 7) is 4.85. The minimum absolute atomic E-state index is 0. The zero-order chi connectivity index (χ0) is 46.9. The van der Waals surface area contributed by atoms with Crippen LogP contribution >= 0.6 is 24.8 Å². The average Bonchev–Trinajstić information content (AvgIpc) is 4.22. The van der Waals surface area contributed by atoms with Crippen LogP contribution < -0.4 is 10.6 Å². The first kappa shape index (κ1) is 50.9. The molecule has 6 aromatic rings. The Morgan fingerprint density at radius 2 is 1.20 bits per heavy atom. The van der Waals surface area contributed by atoms with Gasteiger partial charge < -0.3 is 39.9 Å². The molecule has 0 spiro atoms. The average molecular weight is 970 g/mol. The van der Waals surface area contributed by atoms with Gasteiger partial charge >= 0.3 is 12.2 Å². The van der Waals surface area contributed by atoms with Gasteiger partial charge in [-0.1, -0.05) is 111 Å². The number of ether oxygens (including phenoxy) is 2. The Morgan fingerprint density at radius 3 is 1.86 bits per heavy atom. The number of nitrogens with one attached hydrogen (secondary N) is 4. The molecule has 356 valence electrons. The highest BCUT2D eigenvalue weighted by Gasteiger charge is 2.39. The van der Waals surface area contributed by atoms with Gasteiger partial charge in [0.1, 0.15) is 29.4 Å². The van der Waals surface area contributed by atoms with Gasteiger partial charge in [0.15, 0.2) is 0 Å². The van der Waals surface area contributed by atoms with E-state index >= 15 is 0 Å². The highest BCUT2D eigenvalue weighted by Crippen LogP contribution is 2.36. The number of carbonyl (C=O) groups is 4. The summed E-state index contributed by atoms with van der Waals surface area (Å²) in [5.74, 6) is 13.1. The fourth-order valence-corrected chi connectivity index (χ4v) is 8.74. The van der Waals surface area contributed by atoms with Gasteiger partial charge in [-0.3, -0.25) is 9.59 Å². The van der Waals surface area contributed by atoms with Gasteiger partial charge in [0.05, 0.1) is 44.4 Å². The molecule has 4 amide bonds.